The minimum absolute atomic E-state index is 0.128. The van der Waals surface area contributed by atoms with E-state index in [1.165, 1.54) is 0 Å². The quantitative estimate of drug-likeness (QED) is 0.697. The molecule has 1 aromatic carbocycles. The highest BCUT2D eigenvalue weighted by Crippen LogP contribution is 2.16. The summed E-state index contributed by atoms with van der Waals surface area (Å²) >= 11 is 4.63. The van der Waals surface area contributed by atoms with E-state index in [9.17, 15) is 0 Å². The van der Waals surface area contributed by atoms with Gasteiger partial charge in [-0.05, 0) is 24.4 Å². The fraction of sp³-hybridized carbons (Fsp3) is 0.125. The van der Waals surface area contributed by atoms with Gasteiger partial charge < -0.3 is 10.5 Å². The molecule has 0 amide bonds. The van der Waals surface area contributed by atoms with Crippen LogP contribution in [0.2, 0.25) is 0 Å². The third-order valence-corrected chi connectivity index (χ3v) is 1.38. The van der Waals surface area contributed by atoms with E-state index in [0.29, 0.717) is 5.69 Å². The molecule has 1 aromatic rings. The summed E-state index contributed by atoms with van der Waals surface area (Å²) in [6.07, 6.45) is 0. The summed E-state index contributed by atoms with van der Waals surface area (Å²) < 4.78 is 4.99. The van der Waals surface area contributed by atoms with Crippen molar-refractivity contribution in [2.75, 3.05) is 7.11 Å². The van der Waals surface area contributed by atoms with E-state index in [2.05, 4.69) is 17.5 Å². The highest BCUT2D eigenvalue weighted by molar-refractivity contribution is 7.80. The fourth-order valence-electron chi connectivity index (χ4n) is 0.807. The normalized spacial score (nSPS) is 9.08. The molecule has 1 rings (SSSR count). The molecule has 0 bridgehead atoms. The van der Waals surface area contributed by atoms with Crippen LogP contribution in [-0.2, 0) is 0 Å². The first-order valence-electron chi connectivity index (χ1n) is 3.37. The van der Waals surface area contributed by atoms with Gasteiger partial charge in [0.1, 0.15) is 5.75 Å². The van der Waals surface area contributed by atoms with Crippen LogP contribution in [0.5, 0.6) is 5.75 Å². The molecule has 0 fully saturated rings. The molecule has 63 valence electrons. The van der Waals surface area contributed by atoms with Crippen LogP contribution < -0.4 is 15.8 Å². The Morgan fingerprint density at radius 1 is 1.58 bits per heavy atom. The highest BCUT2D eigenvalue weighted by Gasteiger charge is 1.96. The smallest absolute Gasteiger partial charge is 0.190 e. The highest BCUT2D eigenvalue weighted by atomic mass is 32.1. The van der Waals surface area contributed by atoms with Crippen LogP contribution >= 0.6 is 12.2 Å². The van der Waals surface area contributed by atoms with Crippen LogP contribution in [0.1, 0.15) is 0 Å². The molecule has 0 saturated heterocycles. The lowest BCUT2D eigenvalue weighted by molar-refractivity contribution is 0.415. The molecule has 0 aromatic heterocycles. The minimum atomic E-state index is 0.128. The van der Waals surface area contributed by atoms with Crippen molar-refractivity contribution in [3.63, 3.8) is 0 Å². The first kappa shape index (κ1) is 8.80. The maximum absolute atomic E-state index is 5.24. The number of rotatable bonds is 2. The van der Waals surface area contributed by atoms with E-state index in [4.69, 9.17) is 10.5 Å². The molecule has 0 aliphatic rings. The van der Waals surface area contributed by atoms with Gasteiger partial charge >= 0.3 is 0 Å². The Morgan fingerprint density at radius 2 is 2.33 bits per heavy atom. The average Bonchev–Trinajstić information content (AvgIpc) is 2.03. The van der Waals surface area contributed by atoms with Gasteiger partial charge in [-0.1, -0.05) is 6.07 Å². The number of benzene rings is 1. The standard InChI is InChI=1S/C8H9N2OS/c1-11-7-4-2-3-6(5-7)10-8(9)12/h2-5H,1H3,(H2,9,12). The van der Waals surface area contributed by atoms with Crippen LogP contribution in [0.4, 0.5) is 5.69 Å². The van der Waals surface area contributed by atoms with Gasteiger partial charge in [0.25, 0.3) is 0 Å². The number of hydrogen-bond donors (Lipinski definition) is 1. The molecule has 12 heavy (non-hydrogen) atoms. The van der Waals surface area contributed by atoms with E-state index in [1.54, 1.807) is 13.2 Å². The van der Waals surface area contributed by atoms with Gasteiger partial charge in [-0.25, -0.2) is 5.32 Å². The van der Waals surface area contributed by atoms with Crippen molar-refractivity contribution in [3.05, 3.63) is 24.3 Å². The van der Waals surface area contributed by atoms with Crippen LogP contribution in [-0.4, -0.2) is 12.2 Å². The zero-order chi connectivity index (χ0) is 8.97. The predicted octanol–water partition coefficient (Wildman–Crippen LogP) is 1.17. The van der Waals surface area contributed by atoms with Crippen molar-refractivity contribution < 1.29 is 4.74 Å². The Hall–Kier alpha value is -1.29. The Morgan fingerprint density at radius 3 is 2.92 bits per heavy atom. The fourth-order valence-corrected chi connectivity index (χ4v) is 0.913. The number of nitrogens with two attached hydrogens (primary N) is 1. The van der Waals surface area contributed by atoms with Crippen LogP contribution in [0, 0.1) is 0 Å². The summed E-state index contributed by atoms with van der Waals surface area (Å²) in [6, 6.07) is 7.23. The van der Waals surface area contributed by atoms with Gasteiger partial charge in [0.2, 0.25) is 0 Å². The second-order valence-corrected chi connectivity index (χ2v) is 2.57. The average molecular weight is 181 g/mol. The molecule has 1 radical (unpaired) electrons. The number of thiocarbonyl (C=S) groups is 1. The Bertz CT molecular complexity index is 288. The molecule has 0 unspecified atom stereocenters. The molecule has 0 aliphatic carbocycles. The SMILES string of the molecule is COc1cccc([N]C(N)=S)c1. The number of methoxy groups -OCH3 is 1. The van der Waals surface area contributed by atoms with Crippen LogP contribution in [0.3, 0.4) is 0 Å². The molecule has 0 spiro atoms. The number of hydrogen-bond acceptors (Lipinski definition) is 2. The molecule has 2 N–H and O–H groups in total. The van der Waals surface area contributed by atoms with E-state index in [0.717, 1.165) is 5.75 Å². The molecule has 0 aliphatic heterocycles. The summed E-state index contributed by atoms with van der Waals surface area (Å²) in [4.78, 5) is 0. The van der Waals surface area contributed by atoms with Gasteiger partial charge in [0.05, 0.1) is 12.8 Å². The van der Waals surface area contributed by atoms with Crippen LogP contribution in [0.25, 0.3) is 0 Å². The summed E-state index contributed by atoms with van der Waals surface area (Å²) in [5, 5.41) is 4.03. The van der Waals surface area contributed by atoms with Gasteiger partial charge in [-0.2, -0.15) is 0 Å². The van der Waals surface area contributed by atoms with Crippen molar-refractivity contribution in [1.29, 1.82) is 0 Å². The summed E-state index contributed by atoms with van der Waals surface area (Å²) in [7, 11) is 1.60. The van der Waals surface area contributed by atoms with E-state index >= 15 is 0 Å². The van der Waals surface area contributed by atoms with E-state index in [1.807, 2.05) is 18.2 Å². The minimum Gasteiger partial charge on any atom is -0.497 e. The van der Waals surface area contributed by atoms with E-state index in [-0.39, 0.29) is 5.11 Å². The monoisotopic (exact) mass is 181 g/mol. The zero-order valence-corrected chi connectivity index (χ0v) is 7.47. The topological polar surface area (TPSA) is 49.4 Å². The van der Waals surface area contributed by atoms with Crippen molar-refractivity contribution in [1.82, 2.24) is 5.32 Å². The number of ether oxygens (including phenoxy) is 1. The first-order valence-corrected chi connectivity index (χ1v) is 3.78. The van der Waals surface area contributed by atoms with E-state index < -0.39 is 0 Å². The van der Waals surface area contributed by atoms with Crippen molar-refractivity contribution in [3.8, 4) is 5.75 Å². The lowest BCUT2D eigenvalue weighted by Crippen LogP contribution is -2.17. The van der Waals surface area contributed by atoms with Crippen LogP contribution in [0.15, 0.2) is 24.3 Å². The van der Waals surface area contributed by atoms with Crippen molar-refractivity contribution in [2.45, 2.75) is 0 Å². The van der Waals surface area contributed by atoms with Gasteiger partial charge in [-0.3, -0.25) is 0 Å². The largest absolute Gasteiger partial charge is 0.497 e. The molecule has 0 atom stereocenters. The maximum Gasteiger partial charge on any atom is 0.190 e. The van der Waals surface area contributed by atoms with Crippen molar-refractivity contribution >= 4 is 23.0 Å². The lowest BCUT2D eigenvalue weighted by atomic mass is 10.3. The summed E-state index contributed by atoms with van der Waals surface area (Å²) in [6.45, 7) is 0. The third kappa shape index (κ3) is 2.39. The predicted molar refractivity (Wildman–Crippen MR) is 51.6 cm³/mol. The molecule has 0 saturated carbocycles. The molecule has 3 nitrogen and oxygen atoms in total. The molecular weight excluding hydrogens is 172 g/mol. The van der Waals surface area contributed by atoms with Gasteiger partial charge in [-0.15, -0.1) is 0 Å². The molecule has 4 heteroatoms. The summed E-state index contributed by atoms with van der Waals surface area (Å²) in [5.74, 6) is 0.743. The molecule has 0 heterocycles. The van der Waals surface area contributed by atoms with Gasteiger partial charge in [0, 0.05) is 6.07 Å². The van der Waals surface area contributed by atoms with Gasteiger partial charge in [0.15, 0.2) is 5.11 Å². The Labute approximate surface area is 76.5 Å². The Kier molecular flexibility index (Phi) is 2.88. The Balaban J connectivity index is 2.79. The van der Waals surface area contributed by atoms with Crippen molar-refractivity contribution in [2.24, 2.45) is 5.73 Å². The maximum atomic E-state index is 5.24. The number of nitrogens with zero attached hydrogens (tertiary/aromatic N) is 1. The summed E-state index contributed by atoms with van der Waals surface area (Å²) in [5.41, 5.74) is 5.95. The molecular formula is C8H9N2OS. The first-order chi connectivity index (χ1) is 5.72. The zero-order valence-electron chi connectivity index (χ0n) is 6.65. The lowest BCUT2D eigenvalue weighted by Gasteiger charge is -2.02. The third-order valence-electron chi connectivity index (χ3n) is 1.29. The second kappa shape index (κ2) is 3.92. The second-order valence-electron chi connectivity index (χ2n) is 2.15.